The molecule has 0 aromatic heterocycles. The lowest BCUT2D eigenvalue weighted by Crippen LogP contribution is -2.53. The molecule has 3 rings (SSSR count). The summed E-state index contributed by atoms with van der Waals surface area (Å²) in [6.45, 7) is 5.32. The minimum absolute atomic E-state index is 0.0258. The molecular weight excluding hydrogens is 545 g/mol. The fraction of sp³-hybridized carbons (Fsp3) is 0.500. The minimum Gasteiger partial charge on any atom is -0.352 e. The van der Waals surface area contributed by atoms with Crippen LogP contribution in [0.1, 0.15) is 69.9 Å². The van der Waals surface area contributed by atoms with Crippen molar-refractivity contribution in [3.05, 3.63) is 63.6 Å². The number of sulfonamides is 1. The van der Waals surface area contributed by atoms with Crippen LogP contribution in [0.15, 0.2) is 42.5 Å². The molecule has 10 heteroatoms. The van der Waals surface area contributed by atoms with Crippen molar-refractivity contribution in [1.82, 2.24) is 10.2 Å². The normalized spacial score (nSPS) is 15.2. The van der Waals surface area contributed by atoms with Crippen LogP contribution in [0.5, 0.6) is 0 Å². The molecule has 0 radical (unpaired) electrons. The number of hydrogen-bond acceptors (Lipinski definition) is 4. The summed E-state index contributed by atoms with van der Waals surface area (Å²) in [5.74, 6) is -0.510. The van der Waals surface area contributed by atoms with Crippen molar-refractivity contribution >= 4 is 50.7 Å². The fourth-order valence-electron chi connectivity index (χ4n) is 4.62. The molecule has 0 heterocycles. The predicted molar refractivity (Wildman–Crippen MR) is 154 cm³/mol. The van der Waals surface area contributed by atoms with Gasteiger partial charge in [-0.1, -0.05) is 74.5 Å². The lowest BCUT2D eigenvalue weighted by atomic mass is 9.95. The second-order valence-corrected chi connectivity index (χ2v) is 13.0. The lowest BCUT2D eigenvalue weighted by Gasteiger charge is -2.33. The Hall–Kier alpha value is -2.29. The predicted octanol–water partition coefficient (Wildman–Crippen LogP) is 5.75. The van der Waals surface area contributed by atoms with Gasteiger partial charge in [0.1, 0.15) is 12.6 Å². The van der Waals surface area contributed by atoms with E-state index in [0.29, 0.717) is 21.3 Å². The van der Waals surface area contributed by atoms with Gasteiger partial charge in [-0.2, -0.15) is 0 Å². The molecule has 1 unspecified atom stereocenters. The van der Waals surface area contributed by atoms with Crippen LogP contribution in [0, 0.1) is 0 Å². The van der Waals surface area contributed by atoms with Gasteiger partial charge >= 0.3 is 0 Å². The van der Waals surface area contributed by atoms with Crippen molar-refractivity contribution in [3.63, 3.8) is 0 Å². The highest BCUT2D eigenvalue weighted by molar-refractivity contribution is 7.92. The van der Waals surface area contributed by atoms with Crippen LogP contribution in [0.25, 0.3) is 0 Å². The van der Waals surface area contributed by atoms with Gasteiger partial charge < -0.3 is 10.2 Å². The highest BCUT2D eigenvalue weighted by Gasteiger charge is 2.31. The minimum atomic E-state index is -3.79. The van der Waals surface area contributed by atoms with Crippen molar-refractivity contribution in [1.29, 1.82) is 0 Å². The summed E-state index contributed by atoms with van der Waals surface area (Å²) >= 11 is 12.5. The molecule has 1 aliphatic rings. The van der Waals surface area contributed by atoms with Crippen molar-refractivity contribution in [2.45, 2.75) is 77.4 Å². The molecule has 2 aromatic rings. The highest BCUT2D eigenvalue weighted by Crippen LogP contribution is 2.26. The second kappa shape index (κ2) is 13.2. The first-order valence-electron chi connectivity index (χ1n) is 13.0. The zero-order valence-corrected chi connectivity index (χ0v) is 24.7. The Morgan fingerprint density at radius 1 is 1.00 bits per heavy atom. The summed E-state index contributed by atoms with van der Waals surface area (Å²) in [6.07, 6.45) is 6.15. The van der Waals surface area contributed by atoms with E-state index in [-0.39, 0.29) is 24.4 Å². The summed E-state index contributed by atoms with van der Waals surface area (Å²) in [5, 5.41) is 3.89. The average molecular weight is 583 g/mol. The zero-order valence-electron chi connectivity index (χ0n) is 22.4. The van der Waals surface area contributed by atoms with E-state index in [2.05, 4.69) is 5.32 Å². The number of carbonyl (C=O) groups is 2. The highest BCUT2D eigenvalue weighted by atomic mass is 35.5. The number of halogens is 2. The Morgan fingerprint density at radius 2 is 1.63 bits per heavy atom. The van der Waals surface area contributed by atoms with Gasteiger partial charge in [0.05, 0.1) is 11.9 Å². The smallest absolute Gasteiger partial charge is 0.244 e. The van der Waals surface area contributed by atoms with E-state index in [1.165, 1.54) is 4.90 Å². The molecule has 1 saturated carbocycles. The Balaban J connectivity index is 1.89. The Morgan fingerprint density at radius 3 is 2.18 bits per heavy atom. The van der Waals surface area contributed by atoms with E-state index in [4.69, 9.17) is 23.2 Å². The molecule has 1 aliphatic carbocycles. The Bertz CT molecular complexity index is 1230. The van der Waals surface area contributed by atoms with Gasteiger partial charge in [-0.05, 0) is 61.1 Å². The van der Waals surface area contributed by atoms with Crippen LogP contribution in [0.3, 0.4) is 0 Å². The average Bonchev–Trinajstić information content (AvgIpc) is 2.86. The lowest BCUT2D eigenvalue weighted by molar-refractivity contribution is -0.139. The van der Waals surface area contributed by atoms with Crippen molar-refractivity contribution < 1.29 is 18.0 Å². The van der Waals surface area contributed by atoms with Gasteiger partial charge in [-0.15, -0.1) is 0 Å². The monoisotopic (exact) mass is 581 g/mol. The van der Waals surface area contributed by atoms with Gasteiger partial charge in [0.2, 0.25) is 21.8 Å². The van der Waals surface area contributed by atoms with Crippen LogP contribution in [-0.4, -0.2) is 50.0 Å². The first kappa shape index (κ1) is 30.3. The summed E-state index contributed by atoms with van der Waals surface area (Å²) < 4.78 is 26.6. The summed E-state index contributed by atoms with van der Waals surface area (Å²) in [6, 6.07) is 11.3. The van der Waals surface area contributed by atoms with E-state index >= 15 is 0 Å². The molecule has 0 spiro atoms. The molecule has 208 valence electrons. The number of nitrogens with zero attached hydrogens (tertiary/aromatic N) is 2. The molecule has 0 bridgehead atoms. The third-order valence-corrected chi connectivity index (χ3v) is 8.73. The van der Waals surface area contributed by atoms with E-state index < -0.39 is 28.5 Å². The number of rotatable bonds is 10. The summed E-state index contributed by atoms with van der Waals surface area (Å²) in [4.78, 5) is 28.4. The second-order valence-electron chi connectivity index (χ2n) is 10.3. The number of anilines is 1. The molecule has 2 amide bonds. The van der Waals surface area contributed by atoms with Gasteiger partial charge in [0.25, 0.3) is 0 Å². The van der Waals surface area contributed by atoms with Crippen LogP contribution in [-0.2, 0) is 26.2 Å². The standard InChI is InChI=1S/C28H37Cl2N3O4S/c1-19(2)21-11-14-25(15-12-21)33(38(4,36)37)18-27(34)32(17-22-10-13-23(29)16-26(22)30)20(3)28(35)31-24-8-6-5-7-9-24/h10-16,19-20,24H,5-9,17-18H2,1-4H3,(H,31,35). The topological polar surface area (TPSA) is 86.8 Å². The number of nitrogens with one attached hydrogen (secondary N) is 1. The molecule has 38 heavy (non-hydrogen) atoms. The van der Waals surface area contributed by atoms with Crippen molar-refractivity contribution in [2.24, 2.45) is 0 Å². The molecule has 0 saturated heterocycles. The Labute approximate surface area is 236 Å². The fourth-order valence-corrected chi connectivity index (χ4v) is 5.94. The molecule has 2 aromatic carbocycles. The third kappa shape index (κ3) is 8.10. The van der Waals surface area contributed by atoms with Crippen LogP contribution < -0.4 is 9.62 Å². The summed E-state index contributed by atoms with van der Waals surface area (Å²) in [5.41, 5.74) is 2.04. The molecule has 1 N–H and O–H groups in total. The molecule has 1 fully saturated rings. The maximum Gasteiger partial charge on any atom is 0.244 e. The molecule has 7 nitrogen and oxygen atoms in total. The quantitative estimate of drug-likeness (QED) is 0.387. The summed E-state index contributed by atoms with van der Waals surface area (Å²) in [7, 11) is -3.79. The van der Waals surface area contributed by atoms with Crippen molar-refractivity contribution in [2.75, 3.05) is 17.1 Å². The van der Waals surface area contributed by atoms with Crippen LogP contribution in [0.2, 0.25) is 10.0 Å². The first-order chi connectivity index (χ1) is 17.9. The Kier molecular flexibility index (Phi) is 10.5. The maximum absolute atomic E-state index is 13.7. The number of benzene rings is 2. The van der Waals surface area contributed by atoms with Gasteiger partial charge in [0, 0.05) is 22.6 Å². The van der Waals surface area contributed by atoms with Crippen molar-refractivity contribution in [3.8, 4) is 0 Å². The van der Waals surface area contributed by atoms with E-state index in [1.54, 1.807) is 37.3 Å². The largest absolute Gasteiger partial charge is 0.352 e. The van der Waals surface area contributed by atoms with E-state index in [0.717, 1.165) is 48.2 Å². The third-order valence-electron chi connectivity index (χ3n) is 7.00. The molecular formula is C28H37Cl2N3O4S. The van der Waals surface area contributed by atoms with Crippen LogP contribution in [0.4, 0.5) is 5.69 Å². The van der Waals surface area contributed by atoms with Crippen LogP contribution >= 0.6 is 23.2 Å². The SMILES string of the molecule is CC(C)c1ccc(N(CC(=O)N(Cc2ccc(Cl)cc2Cl)C(C)C(=O)NC2CCCCC2)S(C)(=O)=O)cc1. The zero-order chi connectivity index (χ0) is 28.0. The first-order valence-corrected chi connectivity index (χ1v) is 15.6. The number of amides is 2. The van der Waals surface area contributed by atoms with E-state index in [9.17, 15) is 18.0 Å². The number of carbonyl (C=O) groups excluding carboxylic acids is 2. The molecule has 1 atom stereocenters. The van der Waals surface area contributed by atoms with Gasteiger partial charge in [-0.3, -0.25) is 13.9 Å². The maximum atomic E-state index is 13.7. The van der Waals surface area contributed by atoms with E-state index in [1.807, 2.05) is 26.0 Å². The van der Waals surface area contributed by atoms with Gasteiger partial charge in [0.15, 0.2) is 0 Å². The number of hydrogen-bond donors (Lipinski definition) is 1. The van der Waals surface area contributed by atoms with Gasteiger partial charge in [-0.25, -0.2) is 8.42 Å². The molecule has 0 aliphatic heterocycles.